The summed E-state index contributed by atoms with van der Waals surface area (Å²) in [6, 6.07) is 12.7. The highest BCUT2D eigenvalue weighted by Gasteiger charge is 2.32. The number of rotatable bonds is 5. The van der Waals surface area contributed by atoms with Gasteiger partial charge in [-0.1, -0.05) is 18.2 Å². The topological polar surface area (TPSA) is 57.7 Å². The van der Waals surface area contributed by atoms with E-state index in [0.717, 1.165) is 33.3 Å². The fraction of sp³-hybridized carbons (Fsp3) is 0.280. The lowest BCUT2D eigenvalue weighted by Gasteiger charge is -2.17. The Morgan fingerprint density at radius 3 is 2.94 bits per heavy atom. The van der Waals surface area contributed by atoms with Crippen LogP contribution in [0.4, 0.5) is 4.39 Å². The highest BCUT2D eigenvalue weighted by atomic mass is 79.9. The highest BCUT2D eigenvalue weighted by Crippen LogP contribution is 2.44. The second kappa shape index (κ2) is 8.54. The van der Waals surface area contributed by atoms with Crippen molar-refractivity contribution in [1.82, 2.24) is 4.98 Å². The van der Waals surface area contributed by atoms with Crippen LogP contribution in [0.2, 0.25) is 0 Å². The summed E-state index contributed by atoms with van der Waals surface area (Å²) >= 11 is 3.50. The van der Waals surface area contributed by atoms with Gasteiger partial charge in [0.25, 0.3) is 0 Å². The van der Waals surface area contributed by atoms with Crippen molar-refractivity contribution in [2.45, 2.75) is 31.3 Å². The molecule has 0 unspecified atom stereocenters. The van der Waals surface area contributed by atoms with Crippen LogP contribution in [0.15, 0.2) is 53.3 Å². The van der Waals surface area contributed by atoms with Gasteiger partial charge in [0.1, 0.15) is 28.0 Å². The number of ether oxygens (including phenoxy) is 3. The number of carbonyl (C=O) groups excluding carboxylic acids is 1. The minimum atomic E-state index is -0.384. The molecule has 2 aliphatic rings. The van der Waals surface area contributed by atoms with Crippen LogP contribution in [-0.2, 0) is 16.0 Å². The van der Waals surface area contributed by atoms with Crippen molar-refractivity contribution in [3.05, 3.63) is 75.8 Å². The van der Waals surface area contributed by atoms with Gasteiger partial charge in [0.15, 0.2) is 0 Å². The summed E-state index contributed by atoms with van der Waals surface area (Å²) in [5.41, 5.74) is 4.43. The number of benzene rings is 2. The third-order valence-corrected chi connectivity index (χ3v) is 6.75. The zero-order valence-corrected chi connectivity index (χ0v) is 19.0. The molecular weight excluding hydrogens is 477 g/mol. The Kier molecular flexibility index (Phi) is 5.59. The molecule has 3 aromatic rings. The minimum Gasteiger partial charge on any atom is -0.492 e. The lowest BCUT2D eigenvalue weighted by molar-refractivity contribution is -0.141. The molecule has 1 aromatic heterocycles. The number of halogens is 2. The summed E-state index contributed by atoms with van der Waals surface area (Å²) < 4.78 is 32.4. The van der Waals surface area contributed by atoms with Gasteiger partial charge in [-0.15, -0.1) is 0 Å². The Labute approximate surface area is 193 Å². The van der Waals surface area contributed by atoms with Gasteiger partial charge >= 0.3 is 5.97 Å². The summed E-state index contributed by atoms with van der Waals surface area (Å²) in [7, 11) is 1.38. The molecule has 5 rings (SSSR count). The van der Waals surface area contributed by atoms with Crippen molar-refractivity contribution >= 4 is 21.9 Å². The van der Waals surface area contributed by atoms with Crippen molar-refractivity contribution in [1.29, 1.82) is 0 Å². The molecule has 0 amide bonds. The lowest BCUT2D eigenvalue weighted by atomic mass is 9.97. The first-order valence-corrected chi connectivity index (χ1v) is 11.3. The molecule has 0 fully saturated rings. The molecule has 164 valence electrons. The summed E-state index contributed by atoms with van der Waals surface area (Å²) in [6.07, 6.45) is 3.01. The molecule has 2 atom stereocenters. The van der Waals surface area contributed by atoms with Gasteiger partial charge in [0.2, 0.25) is 0 Å². The third-order valence-electron chi connectivity index (χ3n) is 6.12. The molecule has 2 heterocycles. The molecule has 0 bridgehead atoms. The maximum Gasteiger partial charge on any atom is 0.306 e. The fourth-order valence-electron chi connectivity index (χ4n) is 4.58. The molecule has 32 heavy (non-hydrogen) atoms. The maximum atomic E-state index is 14.9. The molecule has 0 saturated heterocycles. The average Bonchev–Trinajstić information content (AvgIpc) is 3.39. The smallest absolute Gasteiger partial charge is 0.306 e. The first kappa shape index (κ1) is 20.9. The van der Waals surface area contributed by atoms with Crippen LogP contribution in [-0.4, -0.2) is 24.7 Å². The maximum absolute atomic E-state index is 14.9. The number of carbonyl (C=O) groups is 1. The molecule has 0 saturated carbocycles. The van der Waals surface area contributed by atoms with Crippen molar-refractivity contribution in [2.24, 2.45) is 0 Å². The number of aromatic nitrogens is 1. The van der Waals surface area contributed by atoms with Crippen LogP contribution in [0.1, 0.15) is 41.6 Å². The molecular formula is C25H21BrFNO4. The zero-order valence-electron chi connectivity index (χ0n) is 17.4. The Bertz CT molecular complexity index is 1200. The zero-order chi connectivity index (χ0) is 22.2. The van der Waals surface area contributed by atoms with Gasteiger partial charge in [-0.05, 0) is 58.1 Å². The van der Waals surface area contributed by atoms with Gasteiger partial charge in [-0.3, -0.25) is 4.79 Å². The first-order chi connectivity index (χ1) is 15.5. The van der Waals surface area contributed by atoms with Crippen molar-refractivity contribution in [3.63, 3.8) is 0 Å². The molecule has 7 heteroatoms. The predicted molar refractivity (Wildman–Crippen MR) is 120 cm³/mol. The van der Waals surface area contributed by atoms with E-state index in [4.69, 9.17) is 14.2 Å². The Balaban J connectivity index is 1.41. The number of nitrogens with zero attached hydrogens (tertiary/aromatic N) is 1. The molecule has 1 aliphatic carbocycles. The van der Waals surface area contributed by atoms with E-state index in [2.05, 4.69) is 20.9 Å². The number of pyridine rings is 1. The standard InChI is InChI=1S/C25H21BrFNO4/c1-30-23(29)11-14-13-31-22-12-15(4-5-16(14)22)32-21-9-7-18-17(6-8-20(27)24(18)21)19-3-2-10-28-25(19)26/h2-6,8,10,12,14,21H,7,9,11,13H2,1H3/t14-,21-/m1/s1. The van der Waals surface area contributed by atoms with Gasteiger partial charge in [0, 0.05) is 34.9 Å². The van der Waals surface area contributed by atoms with E-state index in [1.165, 1.54) is 13.2 Å². The van der Waals surface area contributed by atoms with Crippen LogP contribution >= 0.6 is 15.9 Å². The highest BCUT2D eigenvalue weighted by molar-refractivity contribution is 9.10. The number of esters is 1. The summed E-state index contributed by atoms with van der Waals surface area (Å²) in [5, 5.41) is 0. The number of hydrogen-bond donors (Lipinski definition) is 0. The van der Waals surface area contributed by atoms with Crippen molar-refractivity contribution < 1.29 is 23.4 Å². The van der Waals surface area contributed by atoms with E-state index in [1.54, 1.807) is 6.20 Å². The third kappa shape index (κ3) is 3.75. The Morgan fingerprint density at radius 2 is 2.12 bits per heavy atom. The summed E-state index contributed by atoms with van der Waals surface area (Å²) in [4.78, 5) is 15.9. The molecule has 0 N–H and O–H groups in total. The second-order valence-corrected chi connectivity index (χ2v) is 8.71. The molecule has 0 spiro atoms. The van der Waals surface area contributed by atoms with Crippen LogP contribution in [0.25, 0.3) is 11.1 Å². The number of fused-ring (bicyclic) bond motifs is 2. The van der Waals surface area contributed by atoms with E-state index in [-0.39, 0.29) is 30.2 Å². The largest absolute Gasteiger partial charge is 0.492 e. The van der Waals surface area contributed by atoms with Crippen LogP contribution in [0.3, 0.4) is 0 Å². The van der Waals surface area contributed by atoms with E-state index in [9.17, 15) is 9.18 Å². The predicted octanol–water partition coefficient (Wildman–Crippen LogP) is 5.76. The molecule has 2 aromatic carbocycles. The second-order valence-electron chi connectivity index (χ2n) is 7.96. The number of methoxy groups -OCH3 is 1. The Morgan fingerprint density at radius 1 is 1.25 bits per heavy atom. The van der Waals surface area contributed by atoms with Crippen LogP contribution in [0.5, 0.6) is 11.5 Å². The minimum absolute atomic E-state index is 0.0309. The van der Waals surface area contributed by atoms with E-state index in [0.29, 0.717) is 30.1 Å². The van der Waals surface area contributed by atoms with E-state index in [1.807, 2.05) is 36.4 Å². The van der Waals surface area contributed by atoms with E-state index >= 15 is 0 Å². The van der Waals surface area contributed by atoms with Crippen LogP contribution in [0, 0.1) is 5.82 Å². The van der Waals surface area contributed by atoms with Crippen LogP contribution < -0.4 is 9.47 Å². The number of hydrogen-bond acceptors (Lipinski definition) is 5. The summed E-state index contributed by atoms with van der Waals surface area (Å²) in [5.74, 6) is 0.759. The van der Waals surface area contributed by atoms with Gasteiger partial charge in [0.05, 0.1) is 20.1 Å². The van der Waals surface area contributed by atoms with Crippen molar-refractivity contribution in [3.8, 4) is 22.6 Å². The quantitative estimate of drug-likeness (QED) is 0.331. The Hall–Kier alpha value is -2.93. The molecule has 5 nitrogen and oxygen atoms in total. The average molecular weight is 498 g/mol. The SMILES string of the molecule is COC(=O)C[C@@H]1COc2cc(O[C@@H]3CCc4c(-c5cccnc5Br)ccc(F)c43)ccc21. The van der Waals surface area contributed by atoms with E-state index < -0.39 is 0 Å². The molecule has 1 aliphatic heterocycles. The fourth-order valence-corrected chi connectivity index (χ4v) is 5.04. The summed E-state index contributed by atoms with van der Waals surface area (Å²) in [6.45, 7) is 0.429. The monoisotopic (exact) mass is 497 g/mol. The normalized spacial score (nSPS) is 18.6. The van der Waals surface area contributed by atoms with Crippen molar-refractivity contribution in [2.75, 3.05) is 13.7 Å². The van der Waals surface area contributed by atoms with Gasteiger partial charge in [-0.25, -0.2) is 9.37 Å². The lowest BCUT2D eigenvalue weighted by Crippen LogP contribution is -2.09. The van der Waals surface area contributed by atoms with Gasteiger partial charge < -0.3 is 14.2 Å². The molecule has 0 radical (unpaired) electrons. The van der Waals surface area contributed by atoms with Gasteiger partial charge in [-0.2, -0.15) is 0 Å². The first-order valence-electron chi connectivity index (χ1n) is 10.5.